The first-order valence-electron chi connectivity index (χ1n) is 9.64. The molecule has 4 atom stereocenters. The highest BCUT2D eigenvalue weighted by Crippen LogP contribution is 2.51. The molecule has 0 heterocycles. The summed E-state index contributed by atoms with van der Waals surface area (Å²) in [6.45, 7) is 6.49. The first-order chi connectivity index (χ1) is 10.3. The number of ether oxygens (including phenoxy) is 1. The van der Waals surface area contributed by atoms with Crippen LogP contribution in [0, 0.1) is 17.8 Å². The zero-order valence-corrected chi connectivity index (χ0v) is 14.2. The summed E-state index contributed by atoms with van der Waals surface area (Å²) in [6.07, 6.45) is 14.0. The highest BCUT2D eigenvalue weighted by atomic mass is 16.5. The Bertz CT molecular complexity index is 324. The zero-order chi connectivity index (χ0) is 14.7. The zero-order valence-electron chi connectivity index (χ0n) is 14.2. The molecule has 0 saturated heterocycles. The van der Waals surface area contributed by atoms with Gasteiger partial charge in [0.25, 0.3) is 0 Å². The molecule has 0 aromatic carbocycles. The van der Waals surface area contributed by atoms with Crippen molar-refractivity contribution in [1.29, 1.82) is 0 Å². The van der Waals surface area contributed by atoms with Crippen LogP contribution in [0.4, 0.5) is 0 Å². The SMILES string of the molecule is CCCNC(CC1CC2CCC1C2)C1(OCC)CCCC1. The minimum absolute atomic E-state index is 0.158. The molecular weight excluding hydrogens is 258 g/mol. The van der Waals surface area contributed by atoms with Gasteiger partial charge in [0, 0.05) is 12.6 Å². The highest BCUT2D eigenvalue weighted by molar-refractivity contribution is 5.00. The van der Waals surface area contributed by atoms with Crippen LogP contribution in [0.5, 0.6) is 0 Å². The Hall–Kier alpha value is -0.0800. The van der Waals surface area contributed by atoms with E-state index in [1.807, 2.05) is 0 Å². The topological polar surface area (TPSA) is 21.3 Å². The Morgan fingerprint density at radius 3 is 2.52 bits per heavy atom. The monoisotopic (exact) mass is 293 g/mol. The van der Waals surface area contributed by atoms with E-state index in [1.54, 1.807) is 0 Å². The molecule has 2 bridgehead atoms. The van der Waals surface area contributed by atoms with E-state index in [0.29, 0.717) is 6.04 Å². The van der Waals surface area contributed by atoms with E-state index in [2.05, 4.69) is 19.2 Å². The van der Waals surface area contributed by atoms with Crippen molar-refractivity contribution in [2.45, 2.75) is 89.7 Å². The second-order valence-electron chi connectivity index (χ2n) is 7.88. The lowest BCUT2D eigenvalue weighted by atomic mass is 9.78. The lowest BCUT2D eigenvalue weighted by molar-refractivity contribution is -0.0678. The van der Waals surface area contributed by atoms with Crippen molar-refractivity contribution in [2.24, 2.45) is 17.8 Å². The smallest absolute Gasteiger partial charge is 0.0834 e. The van der Waals surface area contributed by atoms with Crippen LogP contribution < -0.4 is 5.32 Å². The van der Waals surface area contributed by atoms with E-state index in [1.165, 1.54) is 64.2 Å². The molecule has 3 aliphatic rings. The van der Waals surface area contributed by atoms with Crippen LogP contribution in [0.2, 0.25) is 0 Å². The number of hydrogen-bond acceptors (Lipinski definition) is 2. The van der Waals surface area contributed by atoms with Crippen molar-refractivity contribution in [3.63, 3.8) is 0 Å². The molecule has 122 valence electrons. The molecular formula is C19H35NO. The Kier molecular flexibility index (Phi) is 5.27. The van der Waals surface area contributed by atoms with Crippen LogP contribution in [-0.4, -0.2) is 24.8 Å². The van der Waals surface area contributed by atoms with Gasteiger partial charge in [0.2, 0.25) is 0 Å². The van der Waals surface area contributed by atoms with Crippen molar-refractivity contribution in [3.05, 3.63) is 0 Å². The molecule has 3 rings (SSSR count). The van der Waals surface area contributed by atoms with E-state index in [9.17, 15) is 0 Å². The van der Waals surface area contributed by atoms with Crippen LogP contribution in [0.15, 0.2) is 0 Å². The molecule has 0 spiro atoms. The molecule has 0 aromatic rings. The van der Waals surface area contributed by atoms with Crippen LogP contribution in [-0.2, 0) is 4.74 Å². The quantitative estimate of drug-likeness (QED) is 0.710. The van der Waals surface area contributed by atoms with Crippen LogP contribution in [0.1, 0.15) is 78.1 Å². The molecule has 0 aromatic heterocycles. The maximum Gasteiger partial charge on any atom is 0.0834 e. The normalized spacial score (nSPS) is 35.4. The summed E-state index contributed by atoms with van der Waals surface area (Å²) >= 11 is 0. The van der Waals surface area contributed by atoms with Gasteiger partial charge < -0.3 is 10.1 Å². The molecule has 4 unspecified atom stereocenters. The largest absolute Gasteiger partial charge is 0.374 e. The maximum absolute atomic E-state index is 6.38. The summed E-state index contributed by atoms with van der Waals surface area (Å²) < 4.78 is 6.38. The molecule has 3 aliphatic carbocycles. The first kappa shape index (κ1) is 15.8. The minimum Gasteiger partial charge on any atom is -0.374 e. The summed E-state index contributed by atoms with van der Waals surface area (Å²) in [5.74, 6) is 3.09. The third kappa shape index (κ3) is 3.32. The molecule has 0 radical (unpaired) electrons. The van der Waals surface area contributed by atoms with Crippen molar-refractivity contribution < 1.29 is 4.74 Å². The number of rotatable bonds is 8. The predicted molar refractivity (Wildman–Crippen MR) is 88.5 cm³/mol. The van der Waals surface area contributed by atoms with Gasteiger partial charge in [0.05, 0.1) is 5.60 Å². The summed E-state index contributed by atoms with van der Waals surface area (Å²) in [5, 5.41) is 3.90. The third-order valence-electron chi connectivity index (χ3n) is 6.58. The van der Waals surface area contributed by atoms with Crippen molar-refractivity contribution in [2.75, 3.05) is 13.2 Å². The molecule has 0 amide bonds. The van der Waals surface area contributed by atoms with E-state index in [4.69, 9.17) is 4.74 Å². The molecule has 21 heavy (non-hydrogen) atoms. The fraction of sp³-hybridized carbons (Fsp3) is 1.00. The van der Waals surface area contributed by atoms with E-state index in [-0.39, 0.29) is 5.60 Å². The van der Waals surface area contributed by atoms with Gasteiger partial charge in [-0.1, -0.05) is 26.2 Å². The Labute approximate surface area is 131 Å². The highest BCUT2D eigenvalue weighted by Gasteiger charge is 2.46. The van der Waals surface area contributed by atoms with E-state index >= 15 is 0 Å². The van der Waals surface area contributed by atoms with E-state index < -0.39 is 0 Å². The van der Waals surface area contributed by atoms with E-state index in [0.717, 1.165) is 30.9 Å². The van der Waals surface area contributed by atoms with Crippen LogP contribution in [0.25, 0.3) is 0 Å². The fourth-order valence-electron chi connectivity index (χ4n) is 5.62. The average Bonchev–Trinajstić information content (AvgIpc) is 3.20. The third-order valence-corrected chi connectivity index (χ3v) is 6.58. The average molecular weight is 293 g/mol. The first-order valence-corrected chi connectivity index (χ1v) is 9.64. The van der Waals surface area contributed by atoms with Gasteiger partial charge in [-0.3, -0.25) is 0 Å². The Morgan fingerprint density at radius 1 is 1.14 bits per heavy atom. The van der Waals surface area contributed by atoms with Crippen LogP contribution in [0.3, 0.4) is 0 Å². The summed E-state index contributed by atoms with van der Waals surface area (Å²) in [5.41, 5.74) is 0.158. The molecule has 1 N–H and O–H groups in total. The molecule has 3 saturated carbocycles. The number of hydrogen-bond donors (Lipinski definition) is 1. The minimum atomic E-state index is 0.158. The Morgan fingerprint density at radius 2 is 1.95 bits per heavy atom. The van der Waals surface area contributed by atoms with Crippen molar-refractivity contribution in [3.8, 4) is 0 Å². The van der Waals surface area contributed by atoms with Crippen LogP contribution >= 0.6 is 0 Å². The number of fused-ring (bicyclic) bond motifs is 2. The summed E-state index contributed by atoms with van der Waals surface area (Å²) in [7, 11) is 0. The van der Waals surface area contributed by atoms with Gasteiger partial charge in [0.15, 0.2) is 0 Å². The lowest BCUT2D eigenvalue weighted by Crippen LogP contribution is -2.52. The predicted octanol–water partition coefficient (Wildman–Crippen LogP) is 4.53. The maximum atomic E-state index is 6.38. The Balaban J connectivity index is 1.67. The second-order valence-corrected chi connectivity index (χ2v) is 7.88. The molecule has 2 nitrogen and oxygen atoms in total. The fourth-order valence-corrected chi connectivity index (χ4v) is 5.62. The van der Waals surface area contributed by atoms with Crippen molar-refractivity contribution in [1.82, 2.24) is 5.32 Å². The lowest BCUT2D eigenvalue weighted by Gasteiger charge is -2.40. The standard InChI is InChI=1S/C19H35NO/c1-3-11-20-18(19(21-4-2)9-5-6-10-19)14-17-13-15-7-8-16(17)12-15/h15-18,20H,3-14H2,1-2H3. The van der Waals surface area contributed by atoms with Gasteiger partial charge in [-0.15, -0.1) is 0 Å². The van der Waals surface area contributed by atoms with Crippen molar-refractivity contribution >= 4 is 0 Å². The summed E-state index contributed by atoms with van der Waals surface area (Å²) in [4.78, 5) is 0. The molecule has 3 fully saturated rings. The van der Waals surface area contributed by atoms with Gasteiger partial charge in [0.1, 0.15) is 0 Å². The van der Waals surface area contributed by atoms with Gasteiger partial charge in [-0.2, -0.15) is 0 Å². The molecule has 0 aliphatic heterocycles. The second kappa shape index (κ2) is 7.00. The van der Waals surface area contributed by atoms with Gasteiger partial charge in [-0.05, 0) is 76.2 Å². The number of nitrogens with one attached hydrogen (secondary N) is 1. The van der Waals surface area contributed by atoms with Gasteiger partial charge in [-0.25, -0.2) is 0 Å². The molecule has 2 heteroatoms. The van der Waals surface area contributed by atoms with Gasteiger partial charge >= 0.3 is 0 Å². The summed E-state index contributed by atoms with van der Waals surface area (Å²) in [6, 6.07) is 0.601.